The van der Waals surface area contributed by atoms with Crippen molar-refractivity contribution < 1.29 is 4.79 Å². The molecule has 1 saturated carbocycles. The zero-order chi connectivity index (χ0) is 15.1. The molecule has 1 aromatic heterocycles. The van der Waals surface area contributed by atoms with Crippen LogP contribution in [0.5, 0.6) is 0 Å². The van der Waals surface area contributed by atoms with Crippen LogP contribution >= 0.6 is 23.4 Å². The third kappa shape index (κ3) is 6.66. The molecule has 1 aromatic rings. The molecule has 1 aliphatic carbocycles. The van der Waals surface area contributed by atoms with Crippen molar-refractivity contribution >= 4 is 34.3 Å². The SMILES string of the molecule is CC(=O)SCCCCCCNc1cc(Cl)nc(C2CC2)n1. The highest BCUT2D eigenvalue weighted by Gasteiger charge is 2.27. The van der Waals surface area contributed by atoms with Gasteiger partial charge in [0.05, 0.1) is 0 Å². The van der Waals surface area contributed by atoms with Crippen LogP contribution < -0.4 is 5.32 Å². The number of aromatic nitrogens is 2. The second kappa shape index (κ2) is 8.59. The molecule has 4 nitrogen and oxygen atoms in total. The fourth-order valence-electron chi connectivity index (χ4n) is 2.06. The quantitative estimate of drug-likeness (QED) is 0.542. The topological polar surface area (TPSA) is 54.9 Å². The third-order valence-electron chi connectivity index (χ3n) is 3.34. The van der Waals surface area contributed by atoms with E-state index in [-0.39, 0.29) is 5.12 Å². The van der Waals surface area contributed by atoms with E-state index < -0.39 is 0 Å². The molecule has 0 amide bonds. The van der Waals surface area contributed by atoms with E-state index >= 15 is 0 Å². The number of thioether (sulfide) groups is 1. The lowest BCUT2D eigenvalue weighted by Gasteiger charge is -2.07. The van der Waals surface area contributed by atoms with Crippen LogP contribution in [0, 0.1) is 0 Å². The van der Waals surface area contributed by atoms with Crippen molar-refractivity contribution in [2.75, 3.05) is 17.6 Å². The molecular weight excluding hydrogens is 306 g/mol. The maximum atomic E-state index is 10.8. The van der Waals surface area contributed by atoms with E-state index in [9.17, 15) is 4.79 Å². The Morgan fingerprint density at radius 2 is 2.10 bits per heavy atom. The number of hydrogen-bond donors (Lipinski definition) is 1. The maximum Gasteiger partial charge on any atom is 0.185 e. The van der Waals surface area contributed by atoms with Crippen LogP contribution in [0.4, 0.5) is 5.82 Å². The highest BCUT2D eigenvalue weighted by atomic mass is 35.5. The summed E-state index contributed by atoms with van der Waals surface area (Å²) in [7, 11) is 0. The van der Waals surface area contributed by atoms with Gasteiger partial charge in [0.2, 0.25) is 0 Å². The van der Waals surface area contributed by atoms with Gasteiger partial charge < -0.3 is 5.32 Å². The van der Waals surface area contributed by atoms with Crippen LogP contribution in [0.2, 0.25) is 5.15 Å². The van der Waals surface area contributed by atoms with Crippen molar-refractivity contribution in [3.63, 3.8) is 0 Å². The zero-order valence-corrected chi connectivity index (χ0v) is 14.0. The molecule has 1 heterocycles. The molecular formula is C15H22ClN3OS. The molecule has 6 heteroatoms. The summed E-state index contributed by atoms with van der Waals surface area (Å²) in [6.45, 7) is 2.52. The first-order valence-electron chi connectivity index (χ1n) is 7.57. The minimum absolute atomic E-state index is 0.212. The summed E-state index contributed by atoms with van der Waals surface area (Å²) in [4.78, 5) is 19.6. The van der Waals surface area contributed by atoms with Crippen molar-refractivity contribution in [1.82, 2.24) is 9.97 Å². The molecule has 0 bridgehead atoms. The monoisotopic (exact) mass is 327 g/mol. The average molecular weight is 328 g/mol. The van der Waals surface area contributed by atoms with Gasteiger partial charge in [-0.15, -0.1) is 0 Å². The molecule has 0 saturated heterocycles. The molecule has 0 spiro atoms. The van der Waals surface area contributed by atoms with E-state index in [0.29, 0.717) is 11.1 Å². The van der Waals surface area contributed by atoms with Crippen molar-refractivity contribution in [3.8, 4) is 0 Å². The van der Waals surface area contributed by atoms with Crippen LogP contribution in [0.25, 0.3) is 0 Å². The Balaban J connectivity index is 1.59. The highest BCUT2D eigenvalue weighted by molar-refractivity contribution is 8.13. The normalized spacial score (nSPS) is 14.2. The molecule has 0 radical (unpaired) electrons. The third-order valence-corrected chi connectivity index (χ3v) is 4.43. The number of carbonyl (C=O) groups is 1. The van der Waals surface area contributed by atoms with Gasteiger partial charge >= 0.3 is 0 Å². The summed E-state index contributed by atoms with van der Waals surface area (Å²) in [5.74, 6) is 3.17. The number of unbranched alkanes of at least 4 members (excludes halogenated alkanes) is 3. The zero-order valence-electron chi connectivity index (χ0n) is 12.4. The standard InChI is InChI=1S/C15H22ClN3OS/c1-11(20)21-9-5-3-2-4-8-17-14-10-13(16)18-15(19-14)12-6-7-12/h10,12H,2-9H2,1H3,(H,17,18,19). The van der Waals surface area contributed by atoms with Gasteiger partial charge in [-0.1, -0.05) is 36.2 Å². The summed E-state index contributed by atoms with van der Waals surface area (Å²) in [6, 6.07) is 1.79. The van der Waals surface area contributed by atoms with E-state index in [4.69, 9.17) is 11.6 Å². The summed E-state index contributed by atoms with van der Waals surface area (Å²) in [6.07, 6.45) is 6.90. The summed E-state index contributed by atoms with van der Waals surface area (Å²) < 4.78 is 0. The van der Waals surface area contributed by atoms with Gasteiger partial charge in [0.25, 0.3) is 0 Å². The van der Waals surface area contributed by atoms with Gasteiger partial charge in [0.15, 0.2) is 5.12 Å². The largest absolute Gasteiger partial charge is 0.370 e. The van der Waals surface area contributed by atoms with E-state index in [1.807, 2.05) is 0 Å². The molecule has 2 rings (SSSR count). The van der Waals surface area contributed by atoms with Crippen molar-refractivity contribution in [3.05, 3.63) is 17.0 Å². The van der Waals surface area contributed by atoms with E-state index in [1.165, 1.54) is 37.4 Å². The number of halogens is 1. The smallest absolute Gasteiger partial charge is 0.185 e. The average Bonchev–Trinajstić information content (AvgIpc) is 3.25. The van der Waals surface area contributed by atoms with Gasteiger partial charge in [-0.3, -0.25) is 4.79 Å². The second-order valence-corrected chi connectivity index (χ2v) is 7.05. The minimum atomic E-state index is 0.212. The van der Waals surface area contributed by atoms with Crippen LogP contribution in [-0.2, 0) is 4.79 Å². The molecule has 21 heavy (non-hydrogen) atoms. The first-order valence-corrected chi connectivity index (χ1v) is 8.93. The van der Waals surface area contributed by atoms with E-state index in [0.717, 1.165) is 36.8 Å². The minimum Gasteiger partial charge on any atom is -0.370 e. The Morgan fingerprint density at radius 1 is 1.33 bits per heavy atom. The summed E-state index contributed by atoms with van der Waals surface area (Å²) in [5, 5.41) is 4.06. The van der Waals surface area contributed by atoms with Gasteiger partial charge in [-0.05, 0) is 25.7 Å². The fraction of sp³-hybridized carbons (Fsp3) is 0.667. The number of nitrogens with one attached hydrogen (secondary N) is 1. The number of anilines is 1. The second-order valence-electron chi connectivity index (χ2n) is 5.39. The van der Waals surface area contributed by atoms with E-state index in [2.05, 4.69) is 15.3 Å². The maximum absolute atomic E-state index is 10.8. The first kappa shape index (κ1) is 16.6. The fourth-order valence-corrected chi connectivity index (χ4v) is 2.89. The predicted octanol–water partition coefficient (Wildman–Crippen LogP) is 4.26. The van der Waals surface area contributed by atoms with Gasteiger partial charge in [0.1, 0.15) is 16.8 Å². The lowest BCUT2D eigenvalue weighted by Crippen LogP contribution is -2.05. The van der Waals surface area contributed by atoms with Gasteiger partial charge in [-0.25, -0.2) is 9.97 Å². The molecule has 1 fully saturated rings. The molecule has 1 aliphatic rings. The van der Waals surface area contributed by atoms with Crippen LogP contribution in [0.3, 0.4) is 0 Å². The molecule has 0 atom stereocenters. The lowest BCUT2D eigenvalue weighted by molar-refractivity contribution is -0.109. The summed E-state index contributed by atoms with van der Waals surface area (Å²) in [5.41, 5.74) is 0. The van der Waals surface area contributed by atoms with Crippen molar-refractivity contribution in [2.45, 2.75) is 51.4 Å². The molecule has 1 N–H and O–H groups in total. The molecule has 0 aliphatic heterocycles. The van der Waals surface area contributed by atoms with Gasteiger partial charge in [-0.2, -0.15) is 0 Å². The molecule has 0 unspecified atom stereocenters. The number of carbonyl (C=O) groups excluding carboxylic acids is 1. The Kier molecular flexibility index (Phi) is 6.77. The van der Waals surface area contributed by atoms with Gasteiger partial charge in [0, 0.05) is 31.2 Å². The van der Waals surface area contributed by atoms with Crippen molar-refractivity contribution in [1.29, 1.82) is 0 Å². The number of rotatable bonds is 9. The van der Waals surface area contributed by atoms with Crippen LogP contribution in [-0.4, -0.2) is 27.4 Å². The van der Waals surface area contributed by atoms with E-state index in [1.54, 1.807) is 13.0 Å². The number of nitrogens with zero attached hydrogens (tertiary/aromatic N) is 2. The first-order chi connectivity index (χ1) is 10.1. The molecule has 116 valence electrons. The summed E-state index contributed by atoms with van der Waals surface area (Å²) >= 11 is 7.44. The molecule has 0 aromatic carbocycles. The Labute approximate surface area is 135 Å². The Hall–Kier alpha value is -0.810. The highest BCUT2D eigenvalue weighted by Crippen LogP contribution is 2.38. The Morgan fingerprint density at radius 3 is 2.81 bits per heavy atom. The van der Waals surface area contributed by atoms with Crippen molar-refractivity contribution in [2.24, 2.45) is 0 Å². The van der Waals surface area contributed by atoms with Crippen LogP contribution in [0.15, 0.2) is 6.07 Å². The van der Waals surface area contributed by atoms with Crippen LogP contribution in [0.1, 0.15) is 57.2 Å². The lowest BCUT2D eigenvalue weighted by atomic mass is 10.2. The number of hydrogen-bond acceptors (Lipinski definition) is 5. The predicted molar refractivity (Wildman–Crippen MR) is 89.1 cm³/mol. The Bertz CT molecular complexity index is 480.